The third kappa shape index (κ3) is 15.0. The molecule has 0 bridgehead atoms. The van der Waals surface area contributed by atoms with Crippen LogP contribution in [0.4, 0.5) is 4.39 Å². The van der Waals surface area contributed by atoms with Gasteiger partial charge >= 0.3 is 5.79 Å². The van der Waals surface area contributed by atoms with E-state index in [0.717, 1.165) is 12.8 Å². The Hall–Kier alpha value is -0.920. The van der Waals surface area contributed by atoms with Gasteiger partial charge in [-0.3, -0.25) is 0 Å². The van der Waals surface area contributed by atoms with Crippen LogP contribution in [-0.4, -0.2) is 0 Å². The Kier molecular flexibility index (Phi) is 18.8. The summed E-state index contributed by atoms with van der Waals surface area (Å²) < 4.78 is 17.8. The van der Waals surface area contributed by atoms with Crippen molar-refractivity contribution < 1.29 is 8.96 Å². The van der Waals surface area contributed by atoms with Crippen molar-refractivity contribution in [3.05, 3.63) is 30.6 Å². The van der Waals surface area contributed by atoms with Crippen LogP contribution >= 0.6 is 0 Å². The number of nitrogens with zero attached hydrogens (tertiary/aromatic N) is 1. The molecular weight excluding hydrogens is 393 g/mol. The summed E-state index contributed by atoms with van der Waals surface area (Å²) in [6.45, 7) is 4.54. The minimum Gasteiger partial charge on any atom is -0.172 e. The Bertz CT molecular complexity index is 503. The molecule has 1 rings (SSSR count). The van der Waals surface area contributed by atoms with Crippen LogP contribution in [0.3, 0.4) is 0 Å². The summed E-state index contributed by atoms with van der Waals surface area (Å²) in [6, 6.07) is 5.91. The fourth-order valence-electron chi connectivity index (χ4n) is 4.82. The highest BCUT2D eigenvalue weighted by Gasteiger charge is 2.38. The van der Waals surface area contributed by atoms with E-state index in [4.69, 9.17) is 0 Å². The van der Waals surface area contributed by atoms with E-state index in [-0.39, 0.29) is 0 Å². The molecule has 0 fully saturated rings. The van der Waals surface area contributed by atoms with E-state index < -0.39 is 5.79 Å². The van der Waals surface area contributed by atoms with Gasteiger partial charge in [0.05, 0.1) is 0 Å². The third-order valence-electron chi connectivity index (χ3n) is 7.01. The molecule has 0 saturated carbocycles. The highest BCUT2D eigenvalue weighted by atomic mass is 19.1. The molecule has 186 valence electrons. The predicted octanol–water partition coefficient (Wildman–Crippen LogP) is 10.2. The molecule has 0 saturated heterocycles. The van der Waals surface area contributed by atoms with E-state index in [1.807, 2.05) is 35.2 Å². The molecule has 1 aromatic rings. The monoisotopic (exact) mass is 448 g/mol. The summed E-state index contributed by atoms with van der Waals surface area (Å²) in [5.74, 6) is -1.21. The zero-order valence-corrected chi connectivity index (χ0v) is 21.8. The van der Waals surface area contributed by atoms with Gasteiger partial charge in [0, 0.05) is 25.0 Å². The van der Waals surface area contributed by atoms with Crippen LogP contribution in [0.25, 0.3) is 0 Å². The molecular formula is C30H55FN+. The Balaban J connectivity index is 2.18. The summed E-state index contributed by atoms with van der Waals surface area (Å²) in [7, 11) is 0. The van der Waals surface area contributed by atoms with Gasteiger partial charge in [0.1, 0.15) is 0 Å². The molecule has 1 atom stereocenters. The number of hydrogen-bond donors (Lipinski definition) is 0. The molecule has 2 heteroatoms. The average Bonchev–Trinajstić information content (AvgIpc) is 2.82. The normalized spacial score (nSPS) is 13.3. The van der Waals surface area contributed by atoms with Crippen LogP contribution in [0.15, 0.2) is 30.6 Å². The van der Waals surface area contributed by atoms with Gasteiger partial charge in [-0.15, -0.1) is 0 Å². The zero-order chi connectivity index (χ0) is 23.2. The van der Waals surface area contributed by atoms with Gasteiger partial charge in [0.15, 0.2) is 12.4 Å². The molecule has 0 spiro atoms. The van der Waals surface area contributed by atoms with Gasteiger partial charge in [0.2, 0.25) is 0 Å². The summed E-state index contributed by atoms with van der Waals surface area (Å²) >= 11 is 0. The smallest absolute Gasteiger partial charge is 0.172 e. The van der Waals surface area contributed by atoms with Crippen LogP contribution in [0.5, 0.6) is 0 Å². The SMILES string of the molecule is CCCCCCCCCCCCCCC(F)(CCCCCCCCCC)[n+]1ccccc1. The first kappa shape index (κ1) is 29.1. The maximum atomic E-state index is 16.0. The van der Waals surface area contributed by atoms with Crippen molar-refractivity contribution in [2.24, 2.45) is 0 Å². The Morgan fingerprint density at radius 3 is 1.12 bits per heavy atom. The fraction of sp³-hybridized carbons (Fsp3) is 0.833. The lowest BCUT2D eigenvalue weighted by Gasteiger charge is -2.20. The molecule has 0 radical (unpaired) electrons. The second-order valence-electron chi connectivity index (χ2n) is 10.1. The first-order valence-electron chi connectivity index (χ1n) is 14.4. The van der Waals surface area contributed by atoms with Crippen LogP contribution in [0.1, 0.15) is 155 Å². The third-order valence-corrected chi connectivity index (χ3v) is 7.01. The summed E-state index contributed by atoms with van der Waals surface area (Å²) in [4.78, 5) is 0. The molecule has 0 aliphatic carbocycles. The molecule has 1 unspecified atom stereocenters. The summed E-state index contributed by atoms with van der Waals surface area (Å²) in [5.41, 5.74) is 0. The maximum Gasteiger partial charge on any atom is 0.308 e. The average molecular weight is 449 g/mol. The molecule has 1 heterocycles. The van der Waals surface area contributed by atoms with Crippen molar-refractivity contribution in [3.63, 3.8) is 0 Å². The van der Waals surface area contributed by atoms with Crippen molar-refractivity contribution >= 4 is 0 Å². The van der Waals surface area contributed by atoms with E-state index in [2.05, 4.69) is 13.8 Å². The van der Waals surface area contributed by atoms with Gasteiger partial charge in [-0.2, -0.15) is 8.96 Å². The van der Waals surface area contributed by atoms with Crippen molar-refractivity contribution in [1.29, 1.82) is 0 Å². The van der Waals surface area contributed by atoms with Crippen molar-refractivity contribution in [1.82, 2.24) is 0 Å². The maximum absolute atomic E-state index is 16.0. The summed E-state index contributed by atoms with van der Waals surface area (Å²) in [6.07, 6.45) is 31.2. The van der Waals surface area contributed by atoms with E-state index >= 15 is 4.39 Å². The van der Waals surface area contributed by atoms with Crippen molar-refractivity contribution in [2.75, 3.05) is 0 Å². The van der Waals surface area contributed by atoms with Crippen LogP contribution in [0, 0.1) is 0 Å². The van der Waals surface area contributed by atoms with Gasteiger partial charge in [-0.25, -0.2) is 0 Å². The number of unbranched alkanes of at least 4 members (excludes halogenated alkanes) is 18. The standard InChI is InChI=1S/C30H55FN/c1-3-5-7-9-11-13-14-15-16-18-20-23-27-30(31,32-28-24-21-25-29-32)26-22-19-17-12-10-8-6-4-2/h21,24-25,28-29H,3-20,22-23,26-27H2,1-2H3/q+1. The van der Waals surface area contributed by atoms with Crippen LogP contribution in [0.2, 0.25) is 0 Å². The molecule has 0 amide bonds. The van der Waals surface area contributed by atoms with Crippen molar-refractivity contribution in [3.8, 4) is 0 Å². The van der Waals surface area contributed by atoms with E-state index in [9.17, 15) is 0 Å². The van der Waals surface area contributed by atoms with Crippen LogP contribution < -0.4 is 4.57 Å². The molecule has 32 heavy (non-hydrogen) atoms. The topological polar surface area (TPSA) is 3.88 Å². The number of pyridine rings is 1. The fourth-order valence-corrected chi connectivity index (χ4v) is 4.82. The molecule has 0 aromatic carbocycles. The number of rotatable bonds is 23. The van der Waals surface area contributed by atoms with Gasteiger partial charge in [-0.1, -0.05) is 135 Å². The number of halogens is 1. The quantitative estimate of drug-likeness (QED) is 0.116. The Morgan fingerprint density at radius 1 is 0.469 bits per heavy atom. The lowest BCUT2D eigenvalue weighted by atomic mass is 9.97. The number of hydrogen-bond acceptors (Lipinski definition) is 0. The predicted molar refractivity (Wildman–Crippen MR) is 139 cm³/mol. The second kappa shape index (κ2) is 20.7. The van der Waals surface area contributed by atoms with Crippen molar-refractivity contribution in [2.45, 2.75) is 161 Å². The second-order valence-corrected chi connectivity index (χ2v) is 10.1. The highest BCUT2D eigenvalue weighted by Crippen LogP contribution is 2.27. The molecule has 1 nitrogen and oxygen atoms in total. The van der Waals surface area contributed by atoms with Gasteiger partial charge < -0.3 is 0 Å². The number of aromatic nitrogens is 1. The first-order valence-corrected chi connectivity index (χ1v) is 14.4. The number of alkyl halides is 1. The molecule has 0 N–H and O–H groups in total. The minimum absolute atomic E-state index is 0.661. The molecule has 1 aromatic heterocycles. The zero-order valence-electron chi connectivity index (χ0n) is 21.8. The Morgan fingerprint density at radius 2 is 0.781 bits per heavy atom. The lowest BCUT2D eigenvalue weighted by molar-refractivity contribution is -0.795. The minimum atomic E-state index is -1.21. The molecule has 0 aliphatic heterocycles. The van der Waals surface area contributed by atoms with E-state index in [1.165, 1.54) is 116 Å². The van der Waals surface area contributed by atoms with Crippen LogP contribution in [-0.2, 0) is 5.79 Å². The van der Waals surface area contributed by atoms with E-state index in [1.54, 1.807) is 0 Å². The van der Waals surface area contributed by atoms with Gasteiger partial charge in [-0.05, 0) is 12.8 Å². The van der Waals surface area contributed by atoms with E-state index in [0.29, 0.717) is 12.8 Å². The largest absolute Gasteiger partial charge is 0.308 e. The Labute approximate surface area is 200 Å². The first-order chi connectivity index (χ1) is 15.7. The highest BCUT2D eigenvalue weighted by molar-refractivity contribution is 4.84. The lowest BCUT2D eigenvalue weighted by Crippen LogP contribution is -2.52. The molecule has 0 aliphatic rings. The summed E-state index contributed by atoms with van der Waals surface area (Å²) in [5, 5.41) is 0. The van der Waals surface area contributed by atoms with Gasteiger partial charge in [0.25, 0.3) is 0 Å².